The molecule has 1 amide bonds. The van der Waals surface area contributed by atoms with Crippen LogP contribution in [0.4, 0.5) is 4.79 Å². The van der Waals surface area contributed by atoms with Gasteiger partial charge >= 0.3 is 6.09 Å². The summed E-state index contributed by atoms with van der Waals surface area (Å²) in [5, 5.41) is 2.83. The summed E-state index contributed by atoms with van der Waals surface area (Å²) in [5.41, 5.74) is -0.587. The Hall–Kier alpha value is -0.810. The lowest BCUT2D eigenvalue weighted by Crippen LogP contribution is -2.37. The van der Waals surface area contributed by atoms with E-state index in [9.17, 15) is 4.79 Å². The summed E-state index contributed by atoms with van der Waals surface area (Å²) >= 11 is 0. The Labute approximate surface area is 199 Å². The first-order chi connectivity index (χ1) is 15.0. The molecule has 192 valence electrons. The number of unbranched alkanes of at least 4 members (excludes halogenated alkanes) is 9. The number of nitrogens with one attached hydrogen (secondary N) is 1. The fourth-order valence-corrected chi connectivity index (χ4v) is 3.86. The van der Waals surface area contributed by atoms with Crippen molar-refractivity contribution in [1.82, 2.24) is 5.32 Å². The van der Waals surface area contributed by atoms with E-state index < -0.39 is 5.60 Å². The second kappa shape index (κ2) is 17.6. The van der Waals surface area contributed by atoms with Crippen LogP contribution in [-0.4, -0.2) is 43.2 Å². The zero-order valence-electron chi connectivity index (χ0n) is 22.7. The number of alkyl carbamates (subject to hydrolysis) is 1. The lowest BCUT2D eigenvalue weighted by molar-refractivity contribution is -0.125. The van der Waals surface area contributed by atoms with E-state index in [4.69, 9.17) is 14.2 Å². The molecule has 0 aliphatic heterocycles. The zero-order chi connectivity index (χ0) is 24.5. The lowest BCUT2D eigenvalue weighted by atomic mass is 9.98. The van der Waals surface area contributed by atoms with Crippen LogP contribution in [0.1, 0.15) is 132 Å². The van der Waals surface area contributed by atoms with Crippen LogP contribution < -0.4 is 5.32 Å². The molecule has 0 saturated heterocycles. The van der Waals surface area contributed by atoms with Crippen molar-refractivity contribution in [3.05, 3.63) is 0 Å². The van der Waals surface area contributed by atoms with Gasteiger partial charge in [-0.05, 0) is 60.8 Å². The molecule has 0 aliphatic rings. The number of methoxy groups -OCH3 is 1. The van der Waals surface area contributed by atoms with Crippen LogP contribution in [0.5, 0.6) is 0 Å². The van der Waals surface area contributed by atoms with Crippen molar-refractivity contribution >= 4 is 6.09 Å². The first-order valence-corrected chi connectivity index (χ1v) is 13.2. The maximum atomic E-state index is 11.6. The summed E-state index contributed by atoms with van der Waals surface area (Å²) in [4.78, 5) is 11.6. The van der Waals surface area contributed by atoms with Gasteiger partial charge in [0.05, 0.1) is 17.8 Å². The largest absolute Gasteiger partial charge is 0.444 e. The first-order valence-electron chi connectivity index (χ1n) is 13.2. The van der Waals surface area contributed by atoms with Crippen molar-refractivity contribution in [3.63, 3.8) is 0 Å². The minimum absolute atomic E-state index is 0.148. The summed E-state index contributed by atoms with van der Waals surface area (Å²) in [7, 11) is 1.83. The third kappa shape index (κ3) is 19.8. The molecule has 0 spiro atoms. The highest BCUT2D eigenvalue weighted by Gasteiger charge is 2.26. The first kappa shape index (κ1) is 31.2. The Morgan fingerprint density at radius 2 is 1.22 bits per heavy atom. The third-order valence-electron chi connectivity index (χ3n) is 5.40. The summed E-state index contributed by atoms with van der Waals surface area (Å²) in [6, 6.07) is 0. The van der Waals surface area contributed by atoms with E-state index >= 15 is 0 Å². The molecule has 0 aromatic rings. The number of carbonyl (C=O) groups is 1. The van der Waals surface area contributed by atoms with Crippen LogP contribution in [0.15, 0.2) is 0 Å². The fourth-order valence-electron chi connectivity index (χ4n) is 3.86. The van der Waals surface area contributed by atoms with Gasteiger partial charge in [-0.3, -0.25) is 0 Å². The Balaban J connectivity index is 4.13. The van der Waals surface area contributed by atoms with E-state index in [1.54, 1.807) is 0 Å². The molecule has 0 aliphatic carbocycles. The minimum atomic E-state index is -0.439. The van der Waals surface area contributed by atoms with E-state index in [2.05, 4.69) is 33.0 Å². The molecule has 0 rings (SSSR count). The van der Waals surface area contributed by atoms with Gasteiger partial charge in [-0.25, -0.2) is 4.79 Å². The van der Waals surface area contributed by atoms with Crippen LogP contribution in [0.3, 0.4) is 0 Å². The van der Waals surface area contributed by atoms with E-state index in [0.29, 0.717) is 6.54 Å². The Morgan fingerprint density at radius 3 is 1.72 bits per heavy atom. The van der Waals surface area contributed by atoms with Gasteiger partial charge in [0.15, 0.2) is 0 Å². The molecular weight excluding hydrogens is 402 g/mol. The third-order valence-corrected chi connectivity index (χ3v) is 5.40. The van der Waals surface area contributed by atoms with Crippen molar-refractivity contribution in [3.8, 4) is 0 Å². The topological polar surface area (TPSA) is 56.8 Å². The molecule has 0 saturated carbocycles. The highest BCUT2D eigenvalue weighted by Crippen LogP contribution is 2.23. The van der Waals surface area contributed by atoms with Crippen molar-refractivity contribution in [2.45, 2.75) is 155 Å². The summed E-state index contributed by atoms with van der Waals surface area (Å²) in [5.74, 6) is 0. The summed E-state index contributed by atoms with van der Waals surface area (Å²) < 4.78 is 17.5. The van der Waals surface area contributed by atoms with Crippen molar-refractivity contribution in [2.24, 2.45) is 0 Å². The molecule has 5 heteroatoms. The maximum absolute atomic E-state index is 11.6. The quantitative estimate of drug-likeness (QED) is 0.213. The van der Waals surface area contributed by atoms with Gasteiger partial charge in [0.25, 0.3) is 0 Å². The minimum Gasteiger partial charge on any atom is -0.444 e. The number of rotatable bonds is 18. The highest BCUT2D eigenvalue weighted by atomic mass is 16.6. The number of hydrogen-bond acceptors (Lipinski definition) is 4. The van der Waals surface area contributed by atoms with Crippen LogP contribution in [0.2, 0.25) is 0 Å². The van der Waals surface area contributed by atoms with Crippen molar-refractivity contribution in [1.29, 1.82) is 0 Å². The van der Waals surface area contributed by atoms with Gasteiger partial charge in [-0.1, -0.05) is 71.1 Å². The van der Waals surface area contributed by atoms with Crippen LogP contribution >= 0.6 is 0 Å². The standard InChI is InChI=1S/C27H55NO4/c1-9-10-11-12-14-18-21-24(31-26(2,3)4)23(30-8)20-17-15-13-16-19-22-28-25(29)32-27(5,6)7/h23-24H,9-22H2,1-8H3,(H,28,29). The van der Waals surface area contributed by atoms with E-state index in [0.717, 1.165) is 32.1 Å². The number of ether oxygens (including phenoxy) is 3. The predicted octanol–water partition coefficient (Wildman–Crippen LogP) is 7.80. The van der Waals surface area contributed by atoms with Crippen molar-refractivity contribution in [2.75, 3.05) is 13.7 Å². The SMILES string of the molecule is CCCCCCCCC(OC(C)(C)C)C(CCCCCCCNC(=O)OC(C)(C)C)OC. The molecule has 0 radical (unpaired) electrons. The normalized spacial score (nSPS) is 14.2. The fraction of sp³-hybridized carbons (Fsp3) is 0.963. The van der Waals surface area contributed by atoms with Gasteiger partial charge in [0.1, 0.15) is 5.60 Å². The molecule has 2 unspecified atom stereocenters. The van der Waals surface area contributed by atoms with Crippen molar-refractivity contribution < 1.29 is 19.0 Å². The molecule has 5 nitrogen and oxygen atoms in total. The van der Waals surface area contributed by atoms with E-state index in [-0.39, 0.29) is 23.9 Å². The smallest absolute Gasteiger partial charge is 0.407 e. The second-order valence-electron chi connectivity index (χ2n) is 11.1. The molecule has 0 aromatic carbocycles. The lowest BCUT2D eigenvalue weighted by Gasteiger charge is -2.33. The van der Waals surface area contributed by atoms with Gasteiger partial charge in [-0.2, -0.15) is 0 Å². The van der Waals surface area contributed by atoms with Gasteiger partial charge < -0.3 is 19.5 Å². The average Bonchev–Trinajstić information content (AvgIpc) is 2.66. The Morgan fingerprint density at radius 1 is 0.719 bits per heavy atom. The molecule has 0 heterocycles. The van der Waals surface area contributed by atoms with E-state index in [1.807, 2.05) is 27.9 Å². The molecule has 32 heavy (non-hydrogen) atoms. The molecule has 0 bridgehead atoms. The summed E-state index contributed by atoms with van der Waals surface area (Å²) in [6.45, 7) is 15.0. The predicted molar refractivity (Wildman–Crippen MR) is 135 cm³/mol. The molecule has 0 aromatic heterocycles. The molecule has 2 atom stereocenters. The summed E-state index contributed by atoms with van der Waals surface area (Å²) in [6.07, 6.45) is 15.6. The monoisotopic (exact) mass is 457 g/mol. The van der Waals surface area contributed by atoms with Crippen LogP contribution in [0.25, 0.3) is 0 Å². The molecule has 0 fully saturated rings. The van der Waals surface area contributed by atoms with E-state index in [1.165, 1.54) is 51.4 Å². The Bertz CT molecular complexity index is 454. The number of carbonyl (C=O) groups excluding carboxylic acids is 1. The highest BCUT2D eigenvalue weighted by molar-refractivity contribution is 5.67. The Kier molecular flexibility index (Phi) is 17.2. The number of hydrogen-bond donors (Lipinski definition) is 1. The average molecular weight is 458 g/mol. The number of amides is 1. The molecular formula is C27H55NO4. The molecule has 1 N–H and O–H groups in total. The van der Waals surface area contributed by atoms with Crippen LogP contribution in [0, 0.1) is 0 Å². The van der Waals surface area contributed by atoms with Crippen LogP contribution in [-0.2, 0) is 14.2 Å². The van der Waals surface area contributed by atoms with Gasteiger partial charge in [0.2, 0.25) is 0 Å². The second-order valence-corrected chi connectivity index (χ2v) is 11.1. The van der Waals surface area contributed by atoms with Gasteiger partial charge in [-0.15, -0.1) is 0 Å². The van der Waals surface area contributed by atoms with Gasteiger partial charge in [0, 0.05) is 13.7 Å². The maximum Gasteiger partial charge on any atom is 0.407 e. The zero-order valence-corrected chi connectivity index (χ0v) is 22.7.